The third-order valence-corrected chi connectivity index (χ3v) is 3.45. The lowest BCUT2D eigenvalue weighted by molar-refractivity contribution is -0.199. The summed E-state index contributed by atoms with van der Waals surface area (Å²) in [4.78, 5) is 23.5. The van der Waals surface area contributed by atoms with Crippen molar-refractivity contribution in [3.05, 3.63) is 35.6 Å². The third-order valence-electron chi connectivity index (χ3n) is 3.45. The summed E-state index contributed by atoms with van der Waals surface area (Å²) in [5.74, 6) is -5.78. The minimum absolute atomic E-state index is 0.565. The fourth-order valence-electron chi connectivity index (χ4n) is 2.56. The Bertz CT molecular complexity index is 587. The molecule has 1 heterocycles. The van der Waals surface area contributed by atoms with Gasteiger partial charge in [0, 0.05) is 12.0 Å². The standard InChI is InChI=1S/C13H11F4NO3/c1-21-11(20)12(7-4-2-3-5-8(7)14)9(13(15,16)17)6-10(19)18-12/h2-5,9H,6H2,1H3,(H,18,19)/t9-,12-/m1/s1. The van der Waals surface area contributed by atoms with E-state index in [1.54, 1.807) is 0 Å². The van der Waals surface area contributed by atoms with E-state index in [9.17, 15) is 27.2 Å². The van der Waals surface area contributed by atoms with Gasteiger partial charge in [-0.3, -0.25) is 4.79 Å². The average Bonchev–Trinajstić information content (AvgIpc) is 2.77. The molecule has 2 rings (SSSR count). The molecule has 114 valence electrons. The first-order chi connectivity index (χ1) is 9.73. The maximum Gasteiger partial charge on any atom is 0.395 e. The fourth-order valence-corrected chi connectivity index (χ4v) is 2.56. The molecule has 1 N–H and O–H groups in total. The summed E-state index contributed by atoms with van der Waals surface area (Å²) in [6, 6.07) is 4.48. The summed E-state index contributed by atoms with van der Waals surface area (Å²) in [6.45, 7) is 0. The van der Waals surface area contributed by atoms with Crippen LogP contribution in [0.25, 0.3) is 0 Å². The summed E-state index contributed by atoms with van der Waals surface area (Å²) >= 11 is 0. The highest BCUT2D eigenvalue weighted by Crippen LogP contribution is 2.47. The molecule has 0 saturated carbocycles. The van der Waals surface area contributed by atoms with E-state index < -0.39 is 47.3 Å². The summed E-state index contributed by atoms with van der Waals surface area (Å²) in [6.07, 6.45) is -5.84. The number of rotatable bonds is 2. The number of carbonyl (C=O) groups excluding carboxylic acids is 2. The molecule has 0 aliphatic carbocycles. The Morgan fingerprint density at radius 2 is 2.00 bits per heavy atom. The van der Waals surface area contributed by atoms with Gasteiger partial charge in [-0.2, -0.15) is 13.2 Å². The number of halogens is 4. The maximum atomic E-state index is 13.9. The Morgan fingerprint density at radius 1 is 1.38 bits per heavy atom. The number of benzene rings is 1. The van der Waals surface area contributed by atoms with E-state index in [-0.39, 0.29) is 0 Å². The highest BCUT2D eigenvalue weighted by Gasteiger charge is 2.65. The van der Waals surface area contributed by atoms with Crippen molar-refractivity contribution in [2.45, 2.75) is 18.1 Å². The van der Waals surface area contributed by atoms with Crippen molar-refractivity contribution >= 4 is 11.9 Å². The van der Waals surface area contributed by atoms with Gasteiger partial charge in [-0.1, -0.05) is 18.2 Å². The van der Waals surface area contributed by atoms with Crippen LogP contribution in [-0.4, -0.2) is 25.2 Å². The van der Waals surface area contributed by atoms with Gasteiger partial charge in [-0.05, 0) is 6.07 Å². The number of alkyl halides is 3. The van der Waals surface area contributed by atoms with Crippen LogP contribution in [0.5, 0.6) is 0 Å². The Labute approximate surface area is 117 Å². The van der Waals surface area contributed by atoms with Crippen molar-refractivity contribution in [3.63, 3.8) is 0 Å². The van der Waals surface area contributed by atoms with Gasteiger partial charge in [0.05, 0.1) is 7.11 Å². The van der Waals surface area contributed by atoms with E-state index in [0.29, 0.717) is 0 Å². The largest absolute Gasteiger partial charge is 0.467 e. The number of hydrogen-bond acceptors (Lipinski definition) is 3. The zero-order valence-corrected chi connectivity index (χ0v) is 10.8. The normalized spacial score (nSPS) is 25.6. The van der Waals surface area contributed by atoms with Crippen molar-refractivity contribution in [1.29, 1.82) is 0 Å². The monoisotopic (exact) mass is 305 g/mol. The van der Waals surface area contributed by atoms with E-state index in [1.807, 2.05) is 5.32 Å². The SMILES string of the molecule is COC(=O)[C@]1(c2ccccc2F)NC(=O)C[C@H]1C(F)(F)F. The smallest absolute Gasteiger partial charge is 0.395 e. The molecule has 4 nitrogen and oxygen atoms in total. The molecule has 0 bridgehead atoms. The molecule has 1 aromatic rings. The molecule has 1 saturated heterocycles. The minimum Gasteiger partial charge on any atom is -0.467 e. The number of esters is 1. The summed E-state index contributed by atoms with van der Waals surface area (Å²) in [5, 5.41) is 1.96. The highest BCUT2D eigenvalue weighted by molar-refractivity contribution is 5.93. The first-order valence-electron chi connectivity index (χ1n) is 5.94. The van der Waals surface area contributed by atoms with Gasteiger partial charge in [-0.25, -0.2) is 9.18 Å². The zero-order valence-electron chi connectivity index (χ0n) is 10.8. The van der Waals surface area contributed by atoms with Crippen LogP contribution >= 0.6 is 0 Å². The second-order valence-corrected chi connectivity index (χ2v) is 4.63. The second kappa shape index (κ2) is 5.01. The van der Waals surface area contributed by atoms with Crippen LogP contribution in [0.3, 0.4) is 0 Å². The first-order valence-corrected chi connectivity index (χ1v) is 5.94. The molecule has 0 spiro atoms. The van der Waals surface area contributed by atoms with Crippen molar-refractivity contribution in [1.82, 2.24) is 5.32 Å². The number of ether oxygens (including phenoxy) is 1. The van der Waals surface area contributed by atoms with Gasteiger partial charge in [0.1, 0.15) is 11.7 Å². The molecule has 1 fully saturated rings. The average molecular weight is 305 g/mol. The maximum absolute atomic E-state index is 13.9. The first kappa shape index (κ1) is 15.3. The molecule has 1 aliphatic rings. The molecular weight excluding hydrogens is 294 g/mol. The van der Waals surface area contributed by atoms with Gasteiger partial charge in [0.15, 0.2) is 5.54 Å². The van der Waals surface area contributed by atoms with Crippen LogP contribution in [0.1, 0.15) is 12.0 Å². The molecule has 0 radical (unpaired) electrons. The summed E-state index contributed by atoms with van der Waals surface area (Å²) < 4.78 is 58.0. The van der Waals surface area contributed by atoms with Crippen LogP contribution in [0, 0.1) is 11.7 Å². The number of methoxy groups -OCH3 is 1. The molecule has 8 heteroatoms. The fraction of sp³-hybridized carbons (Fsp3) is 0.385. The van der Waals surface area contributed by atoms with Crippen molar-refractivity contribution in [2.24, 2.45) is 5.92 Å². The topological polar surface area (TPSA) is 55.4 Å². The number of amides is 1. The van der Waals surface area contributed by atoms with Gasteiger partial charge in [0.25, 0.3) is 0 Å². The lowest BCUT2D eigenvalue weighted by atomic mass is 9.78. The van der Waals surface area contributed by atoms with Gasteiger partial charge < -0.3 is 10.1 Å². The second-order valence-electron chi connectivity index (χ2n) is 4.63. The van der Waals surface area contributed by atoms with Gasteiger partial charge >= 0.3 is 12.1 Å². The Kier molecular flexibility index (Phi) is 3.65. The predicted octanol–water partition coefficient (Wildman–Crippen LogP) is 1.89. The van der Waals surface area contributed by atoms with Gasteiger partial charge in [-0.15, -0.1) is 0 Å². The van der Waals surface area contributed by atoms with E-state index in [1.165, 1.54) is 12.1 Å². The van der Waals surface area contributed by atoms with Gasteiger partial charge in [0.2, 0.25) is 5.91 Å². The number of hydrogen-bond donors (Lipinski definition) is 1. The molecule has 21 heavy (non-hydrogen) atoms. The van der Waals surface area contributed by atoms with Crippen LogP contribution in [0.4, 0.5) is 17.6 Å². The highest BCUT2D eigenvalue weighted by atomic mass is 19.4. The third kappa shape index (κ3) is 2.34. The molecule has 2 atom stereocenters. The van der Waals surface area contributed by atoms with Crippen molar-refractivity contribution in [2.75, 3.05) is 7.11 Å². The molecular formula is C13H11F4NO3. The quantitative estimate of drug-likeness (QED) is 0.670. The summed E-state index contributed by atoms with van der Waals surface area (Å²) in [7, 11) is 0.878. The van der Waals surface area contributed by atoms with Crippen molar-refractivity contribution in [3.8, 4) is 0 Å². The summed E-state index contributed by atoms with van der Waals surface area (Å²) in [5.41, 5.74) is -3.17. The molecule has 1 aliphatic heterocycles. The van der Waals surface area contributed by atoms with E-state index >= 15 is 0 Å². The Hall–Kier alpha value is -2.12. The van der Waals surface area contributed by atoms with Crippen LogP contribution < -0.4 is 5.32 Å². The molecule has 1 aromatic carbocycles. The van der Waals surface area contributed by atoms with E-state index in [0.717, 1.165) is 19.2 Å². The predicted molar refractivity (Wildman–Crippen MR) is 62.4 cm³/mol. The number of carbonyl (C=O) groups is 2. The van der Waals surface area contributed by atoms with E-state index in [2.05, 4.69) is 4.74 Å². The van der Waals surface area contributed by atoms with Crippen LogP contribution in [0.15, 0.2) is 24.3 Å². The van der Waals surface area contributed by atoms with Crippen molar-refractivity contribution < 1.29 is 31.9 Å². The molecule has 0 aromatic heterocycles. The zero-order chi connectivity index (χ0) is 15.8. The molecule has 1 amide bonds. The minimum atomic E-state index is -4.88. The molecule has 0 unspecified atom stereocenters. The van der Waals surface area contributed by atoms with E-state index in [4.69, 9.17) is 0 Å². The lowest BCUT2D eigenvalue weighted by Crippen LogP contribution is -2.54. The Morgan fingerprint density at radius 3 is 2.52 bits per heavy atom. The van der Waals surface area contributed by atoms with Crippen LogP contribution in [-0.2, 0) is 19.9 Å². The van der Waals surface area contributed by atoms with Crippen LogP contribution in [0.2, 0.25) is 0 Å². The lowest BCUT2D eigenvalue weighted by Gasteiger charge is -2.33. The Balaban J connectivity index is 2.70. The number of nitrogens with one attached hydrogen (secondary N) is 1.